The lowest BCUT2D eigenvalue weighted by molar-refractivity contribution is -0.870. The highest BCUT2D eigenvalue weighted by Crippen LogP contribution is 2.38. The number of quaternary nitrogens is 1. The fourth-order valence-corrected chi connectivity index (χ4v) is 7.37. The zero-order valence-electron chi connectivity index (χ0n) is 44.5. The summed E-state index contributed by atoms with van der Waals surface area (Å²) in [6.45, 7) is 5.07. The average Bonchev–Trinajstić information content (AvgIpc) is 3.31. The third-order valence-corrected chi connectivity index (χ3v) is 11.7. The quantitative estimate of drug-likeness (QED) is 0.0197. The number of unbranched alkanes of at least 4 members (excludes halogenated alkanes) is 12. The lowest BCUT2D eigenvalue weighted by Crippen LogP contribution is -2.37. The van der Waals surface area contributed by atoms with Crippen LogP contribution in [0.3, 0.4) is 0 Å². The molecule has 0 aromatic rings. The van der Waals surface area contributed by atoms with Crippen molar-refractivity contribution in [3.63, 3.8) is 0 Å². The minimum atomic E-state index is -4.56. The third-order valence-electron chi connectivity index (χ3n) is 10.7. The number of nitrogens with zero attached hydrogens (tertiary/aromatic N) is 1. The van der Waals surface area contributed by atoms with E-state index in [1.165, 1.54) is 64.2 Å². The molecule has 0 saturated heterocycles. The number of hydrogen-bond acceptors (Lipinski definition) is 7. The van der Waals surface area contributed by atoms with E-state index in [1.807, 2.05) is 21.1 Å². The second-order valence-corrected chi connectivity index (χ2v) is 19.9. The minimum absolute atomic E-state index is 0.00655. The van der Waals surface area contributed by atoms with E-state index in [2.05, 4.69) is 148 Å². The number of allylic oxidation sites excluding steroid dienone is 22. The maximum Gasteiger partial charge on any atom is 0.306 e. The van der Waals surface area contributed by atoms with E-state index < -0.39 is 19.9 Å². The second-order valence-electron chi connectivity index (χ2n) is 18.5. The molecule has 0 heterocycles. The van der Waals surface area contributed by atoms with Crippen molar-refractivity contribution in [3.8, 4) is 0 Å². The Hall–Kier alpha value is -3.36. The number of likely N-dealkylation sites (N-methyl/N-ethyl adjacent to an activating group) is 1. The Balaban J connectivity index is 4.26. The molecule has 0 bridgehead atoms. The fourth-order valence-electron chi connectivity index (χ4n) is 6.64. The summed E-state index contributed by atoms with van der Waals surface area (Å²) in [5, 5.41) is 0. The van der Waals surface area contributed by atoms with Gasteiger partial charge in [-0.25, -0.2) is 0 Å². The van der Waals surface area contributed by atoms with Crippen LogP contribution < -0.4 is 4.89 Å². The summed E-state index contributed by atoms with van der Waals surface area (Å²) < 4.78 is 34.7. The molecule has 0 rings (SSSR count). The standard InChI is InChI=1S/C60H100NO7P/c1-6-8-10-12-14-16-18-20-22-24-26-28-30-32-34-36-38-40-42-44-46-48-50-52-55-65-57-59(58-67-69(63,64)66-56-54-61(3,4)5)68-60(62)53-51-49-47-45-43-41-39-37-35-33-31-29-27-25-23-21-19-17-15-13-11-9-7-2/h8-11,14-17,20-23,26-29,33,35,39,41,45,47,59H,6-7,12-13,18-19,24-25,30-32,34,36-38,40,42-44,46,48-58H2,1-5H3/b10-8-,11-9-,16-14-,17-15-,22-20-,23-21-,28-26-,29-27-,35-33-,41-39-,47-45-. The topological polar surface area (TPSA) is 94.1 Å². The van der Waals surface area contributed by atoms with Gasteiger partial charge in [-0.05, 0) is 103 Å². The van der Waals surface area contributed by atoms with Crippen LogP contribution in [0.1, 0.15) is 181 Å². The summed E-state index contributed by atoms with van der Waals surface area (Å²) in [6, 6.07) is 0. The summed E-state index contributed by atoms with van der Waals surface area (Å²) in [7, 11) is 1.30. The van der Waals surface area contributed by atoms with Gasteiger partial charge in [-0.2, -0.15) is 0 Å². The lowest BCUT2D eigenvalue weighted by atomic mass is 10.1. The van der Waals surface area contributed by atoms with Crippen LogP contribution in [0.5, 0.6) is 0 Å². The molecule has 2 atom stereocenters. The molecule has 392 valence electrons. The molecule has 0 spiro atoms. The smallest absolute Gasteiger partial charge is 0.306 e. The summed E-state index contributed by atoms with van der Waals surface area (Å²) in [5.41, 5.74) is 0. The van der Waals surface area contributed by atoms with Crippen LogP contribution in [0.2, 0.25) is 0 Å². The highest BCUT2D eigenvalue weighted by atomic mass is 31.2. The first-order valence-electron chi connectivity index (χ1n) is 26.9. The molecule has 0 radical (unpaired) electrons. The predicted octanol–water partition coefficient (Wildman–Crippen LogP) is 16.4. The van der Waals surface area contributed by atoms with Crippen molar-refractivity contribution in [1.82, 2.24) is 0 Å². The SMILES string of the molecule is CC/C=C\C/C=C\C/C=C\C/C=C\C/C=C\C/C=C\C/C=C\CCCC(=O)OC(COCCCCCCCCCCCCC/C=C\C/C=C\C/C=C\C/C=C\CC)COP(=O)([O-])OCC[N+](C)(C)C. The molecule has 8 nitrogen and oxygen atoms in total. The van der Waals surface area contributed by atoms with Gasteiger partial charge in [0.2, 0.25) is 0 Å². The Bertz CT molecular complexity index is 1560. The first-order chi connectivity index (χ1) is 33.6. The van der Waals surface area contributed by atoms with Gasteiger partial charge in [0.05, 0.1) is 34.4 Å². The highest BCUT2D eigenvalue weighted by Gasteiger charge is 2.20. The first-order valence-corrected chi connectivity index (χ1v) is 28.4. The average molecular weight is 978 g/mol. The van der Waals surface area contributed by atoms with Crippen LogP contribution in [0, 0.1) is 0 Å². The molecule has 0 amide bonds. The molecule has 0 aliphatic heterocycles. The third kappa shape index (κ3) is 55.4. The monoisotopic (exact) mass is 978 g/mol. The summed E-state index contributed by atoms with van der Waals surface area (Å²) in [4.78, 5) is 25.2. The molecular formula is C60H100NO7P. The first kappa shape index (κ1) is 65.6. The number of carbonyl (C=O) groups is 1. The number of phosphoric ester groups is 1. The van der Waals surface area contributed by atoms with Crippen molar-refractivity contribution in [1.29, 1.82) is 0 Å². The second kappa shape index (κ2) is 51.0. The van der Waals surface area contributed by atoms with Crippen molar-refractivity contribution in [3.05, 3.63) is 134 Å². The van der Waals surface area contributed by atoms with Gasteiger partial charge in [-0.3, -0.25) is 9.36 Å². The van der Waals surface area contributed by atoms with Crippen LogP contribution in [0.25, 0.3) is 0 Å². The van der Waals surface area contributed by atoms with Crippen LogP contribution in [-0.2, 0) is 27.9 Å². The Morgan fingerprint density at radius 2 is 0.797 bits per heavy atom. The number of esters is 1. The van der Waals surface area contributed by atoms with Crippen LogP contribution in [0.15, 0.2) is 134 Å². The van der Waals surface area contributed by atoms with Crippen LogP contribution in [-0.4, -0.2) is 70.7 Å². The molecule has 69 heavy (non-hydrogen) atoms. The Morgan fingerprint density at radius 1 is 0.449 bits per heavy atom. The van der Waals surface area contributed by atoms with Crippen molar-refractivity contribution in [2.45, 2.75) is 187 Å². The molecule has 0 saturated carbocycles. The van der Waals surface area contributed by atoms with Gasteiger partial charge in [0.25, 0.3) is 7.82 Å². The number of hydrogen-bond donors (Lipinski definition) is 0. The van der Waals surface area contributed by atoms with Crippen LogP contribution in [0.4, 0.5) is 0 Å². The highest BCUT2D eigenvalue weighted by molar-refractivity contribution is 7.45. The Labute approximate surface area is 424 Å². The van der Waals surface area contributed by atoms with Gasteiger partial charge in [-0.1, -0.05) is 205 Å². The van der Waals surface area contributed by atoms with Crippen molar-refractivity contribution < 1.29 is 37.3 Å². The van der Waals surface area contributed by atoms with Gasteiger partial charge in [-0.15, -0.1) is 0 Å². The van der Waals surface area contributed by atoms with Crippen LogP contribution >= 0.6 is 7.82 Å². The summed E-state index contributed by atoms with van der Waals surface area (Å²) in [6.07, 6.45) is 74.9. The largest absolute Gasteiger partial charge is 0.756 e. The van der Waals surface area contributed by atoms with E-state index in [4.69, 9.17) is 18.5 Å². The normalized spacial score (nSPS) is 14.6. The molecular weight excluding hydrogens is 878 g/mol. The van der Waals surface area contributed by atoms with E-state index in [0.29, 0.717) is 24.1 Å². The molecule has 2 unspecified atom stereocenters. The van der Waals surface area contributed by atoms with Gasteiger partial charge >= 0.3 is 5.97 Å². The van der Waals surface area contributed by atoms with Gasteiger partial charge in [0.1, 0.15) is 19.3 Å². The van der Waals surface area contributed by atoms with Crippen molar-refractivity contribution in [2.24, 2.45) is 0 Å². The van der Waals surface area contributed by atoms with E-state index in [-0.39, 0.29) is 26.2 Å². The molecule has 0 aliphatic rings. The number of carbonyl (C=O) groups excluding carboxylic acids is 1. The van der Waals surface area contributed by atoms with E-state index in [9.17, 15) is 14.3 Å². The predicted molar refractivity (Wildman–Crippen MR) is 295 cm³/mol. The van der Waals surface area contributed by atoms with Gasteiger partial charge in [0.15, 0.2) is 0 Å². The molecule has 0 aromatic heterocycles. The summed E-state index contributed by atoms with van der Waals surface area (Å²) >= 11 is 0. The zero-order valence-corrected chi connectivity index (χ0v) is 45.3. The van der Waals surface area contributed by atoms with Crippen molar-refractivity contribution in [2.75, 3.05) is 54.1 Å². The molecule has 9 heteroatoms. The number of phosphoric acid groups is 1. The Morgan fingerprint density at radius 3 is 1.19 bits per heavy atom. The van der Waals surface area contributed by atoms with Crippen molar-refractivity contribution >= 4 is 13.8 Å². The number of ether oxygens (including phenoxy) is 2. The van der Waals surface area contributed by atoms with Gasteiger partial charge < -0.3 is 27.9 Å². The maximum absolute atomic E-state index is 12.8. The van der Waals surface area contributed by atoms with E-state index in [1.54, 1.807) is 0 Å². The van der Waals surface area contributed by atoms with Gasteiger partial charge in [0, 0.05) is 13.0 Å². The number of rotatable bonds is 48. The van der Waals surface area contributed by atoms with E-state index in [0.717, 1.165) is 89.9 Å². The minimum Gasteiger partial charge on any atom is -0.756 e. The maximum atomic E-state index is 12.8. The molecule has 0 N–H and O–H groups in total. The molecule has 0 fully saturated rings. The Kier molecular flexibility index (Phi) is 48.5. The lowest BCUT2D eigenvalue weighted by Gasteiger charge is -2.28. The summed E-state index contributed by atoms with van der Waals surface area (Å²) in [5.74, 6) is -0.397. The molecule has 0 aromatic carbocycles. The van der Waals surface area contributed by atoms with E-state index >= 15 is 0 Å². The fraction of sp³-hybridized carbons (Fsp3) is 0.617. The molecule has 0 aliphatic carbocycles. The zero-order chi connectivity index (χ0) is 50.5.